The number of aryl methyl sites for hydroxylation is 1. The molecule has 4 rings (SSSR count). The highest BCUT2D eigenvalue weighted by molar-refractivity contribution is 7.13. The van der Waals surface area contributed by atoms with Crippen LogP contribution in [0.15, 0.2) is 38.2 Å². The van der Waals surface area contributed by atoms with Gasteiger partial charge in [-0.1, -0.05) is 6.07 Å². The molecule has 0 aromatic carbocycles. The first-order valence-corrected chi connectivity index (χ1v) is 10.5. The number of aromatic nitrogens is 2. The van der Waals surface area contributed by atoms with Crippen molar-refractivity contribution < 1.29 is 18.7 Å². The van der Waals surface area contributed by atoms with Crippen molar-refractivity contribution in [1.29, 1.82) is 0 Å². The lowest BCUT2D eigenvalue weighted by molar-refractivity contribution is -0.152. The van der Waals surface area contributed by atoms with Gasteiger partial charge in [0.05, 0.1) is 17.8 Å². The van der Waals surface area contributed by atoms with Gasteiger partial charge in [0.25, 0.3) is 11.8 Å². The summed E-state index contributed by atoms with van der Waals surface area (Å²) in [5, 5.41) is 7.95. The van der Waals surface area contributed by atoms with Crippen molar-refractivity contribution >= 4 is 34.6 Å². The third-order valence-corrected chi connectivity index (χ3v) is 6.26. The molecule has 0 spiro atoms. The van der Waals surface area contributed by atoms with Crippen LogP contribution in [-0.2, 0) is 33.8 Å². The summed E-state index contributed by atoms with van der Waals surface area (Å²) in [5.74, 6) is -1.19. The number of fused-ring (bicyclic) bond motifs is 1. The Morgan fingerprint density at radius 2 is 2.14 bits per heavy atom. The second-order valence-electron chi connectivity index (χ2n) is 6.22. The summed E-state index contributed by atoms with van der Waals surface area (Å²) in [6.07, 6.45) is 0.757. The highest BCUT2D eigenvalue weighted by atomic mass is 32.1. The van der Waals surface area contributed by atoms with Gasteiger partial charge in [-0.2, -0.15) is 4.68 Å². The molecule has 1 aliphatic rings. The Morgan fingerprint density at radius 3 is 2.96 bits per heavy atom. The Balaban J connectivity index is 1.25. The Labute approximate surface area is 168 Å². The first-order chi connectivity index (χ1) is 13.6. The van der Waals surface area contributed by atoms with Crippen LogP contribution in [0.25, 0.3) is 10.8 Å². The number of nitrogens with zero attached hydrogens (tertiary/aromatic N) is 3. The minimum atomic E-state index is -0.632. The summed E-state index contributed by atoms with van der Waals surface area (Å²) in [5.41, 5.74) is 1.16. The molecule has 3 aromatic rings. The van der Waals surface area contributed by atoms with Crippen LogP contribution in [0, 0.1) is 0 Å². The molecule has 0 N–H and O–H groups in total. The molecule has 0 bridgehead atoms. The highest BCUT2D eigenvalue weighted by Crippen LogP contribution is 2.24. The molecule has 4 heterocycles. The summed E-state index contributed by atoms with van der Waals surface area (Å²) in [4.78, 5) is 39.8. The minimum absolute atomic E-state index is 0.0305. The van der Waals surface area contributed by atoms with E-state index in [-0.39, 0.29) is 31.4 Å². The van der Waals surface area contributed by atoms with Crippen LogP contribution in [0.4, 0.5) is 0 Å². The second kappa shape index (κ2) is 8.11. The molecular weight excluding hydrogens is 402 g/mol. The van der Waals surface area contributed by atoms with Crippen LogP contribution in [0.3, 0.4) is 0 Å². The summed E-state index contributed by atoms with van der Waals surface area (Å²) < 4.78 is 11.2. The average molecular weight is 419 g/mol. The van der Waals surface area contributed by atoms with Gasteiger partial charge in [-0.15, -0.1) is 27.8 Å². The van der Waals surface area contributed by atoms with Crippen molar-refractivity contribution in [3.8, 4) is 10.8 Å². The van der Waals surface area contributed by atoms with E-state index in [0.717, 1.165) is 21.5 Å². The highest BCUT2D eigenvalue weighted by Gasteiger charge is 2.22. The van der Waals surface area contributed by atoms with E-state index in [4.69, 9.17) is 9.15 Å². The molecular formula is C18H17N3O5S2. The molecule has 8 nitrogen and oxygen atoms in total. The fraction of sp³-hybridized carbons (Fsp3) is 0.333. The van der Waals surface area contributed by atoms with E-state index in [1.165, 1.54) is 16.2 Å². The average Bonchev–Trinajstić information content (AvgIpc) is 3.44. The largest absolute Gasteiger partial charge is 0.456 e. The molecule has 10 heteroatoms. The molecule has 0 atom stereocenters. The number of hydrogen-bond acceptors (Lipinski definition) is 8. The van der Waals surface area contributed by atoms with E-state index >= 15 is 0 Å². The number of esters is 1. The molecule has 146 valence electrons. The van der Waals surface area contributed by atoms with Gasteiger partial charge in [-0.25, -0.2) is 4.79 Å². The summed E-state index contributed by atoms with van der Waals surface area (Å²) in [7, 11) is 0. The first-order valence-electron chi connectivity index (χ1n) is 8.70. The first kappa shape index (κ1) is 18.6. The van der Waals surface area contributed by atoms with Gasteiger partial charge in [0, 0.05) is 18.0 Å². The number of ether oxygens (including phenoxy) is 1. The monoisotopic (exact) mass is 419 g/mol. The van der Waals surface area contributed by atoms with Crippen LogP contribution in [0.1, 0.15) is 16.9 Å². The van der Waals surface area contributed by atoms with Gasteiger partial charge >= 0.3 is 11.7 Å². The fourth-order valence-electron chi connectivity index (χ4n) is 2.91. The van der Waals surface area contributed by atoms with Crippen molar-refractivity contribution in [1.82, 2.24) is 14.7 Å². The van der Waals surface area contributed by atoms with Gasteiger partial charge in [-0.05, 0) is 34.9 Å². The summed E-state index contributed by atoms with van der Waals surface area (Å²) >= 11 is 3.10. The molecule has 28 heavy (non-hydrogen) atoms. The van der Waals surface area contributed by atoms with Gasteiger partial charge in [0.1, 0.15) is 0 Å². The van der Waals surface area contributed by atoms with Crippen LogP contribution in [-0.4, -0.2) is 39.7 Å². The number of carbonyl (C=O) groups is 2. The van der Waals surface area contributed by atoms with Gasteiger partial charge in [0.2, 0.25) is 0 Å². The molecule has 0 saturated heterocycles. The van der Waals surface area contributed by atoms with Gasteiger partial charge in [-0.3, -0.25) is 9.59 Å². The lowest BCUT2D eigenvalue weighted by atomic mass is 10.1. The van der Waals surface area contributed by atoms with Crippen LogP contribution in [0.2, 0.25) is 0 Å². The SMILES string of the molecule is O=C(CCn1nc(-c2cccs2)oc1=O)OCC(=O)N1CCc2sccc2C1. The molecule has 0 fully saturated rings. The second-order valence-corrected chi connectivity index (χ2v) is 8.17. The van der Waals surface area contributed by atoms with E-state index in [9.17, 15) is 14.4 Å². The van der Waals surface area contributed by atoms with Crippen molar-refractivity contribution in [3.05, 3.63) is 50.0 Å². The molecule has 1 amide bonds. The Kier molecular flexibility index (Phi) is 5.40. The Bertz CT molecular complexity index is 1030. The zero-order chi connectivity index (χ0) is 19.5. The van der Waals surface area contributed by atoms with Crippen LogP contribution in [0.5, 0.6) is 0 Å². The van der Waals surface area contributed by atoms with Crippen molar-refractivity contribution in [2.24, 2.45) is 0 Å². The zero-order valence-corrected chi connectivity index (χ0v) is 16.5. The topological polar surface area (TPSA) is 94.6 Å². The standard InChI is InChI=1S/C18H17N3O5S2/c22-15(20-6-3-13-12(10-20)5-9-28-13)11-25-16(23)4-7-21-18(24)26-17(19-21)14-2-1-8-27-14/h1-2,5,8-9H,3-4,6-7,10-11H2. The van der Waals surface area contributed by atoms with E-state index in [1.807, 2.05) is 22.9 Å². The summed E-state index contributed by atoms with van der Waals surface area (Å²) in [6.45, 7) is 0.911. The lowest BCUT2D eigenvalue weighted by Crippen LogP contribution is -2.38. The van der Waals surface area contributed by atoms with Crippen molar-refractivity contribution in [2.45, 2.75) is 25.9 Å². The maximum Gasteiger partial charge on any atom is 0.437 e. The minimum Gasteiger partial charge on any atom is -0.456 e. The molecule has 3 aromatic heterocycles. The van der Waals surface area contributed by atoms with Crippen LogP contribution < -0.4 is 5.76 Å². The fourth-order valence-corrected chi connectivity index (χ4v) is 4.45. The molecule has 0 unspecified atom stereocenters. The Morgan fingerprint density at radius 1 is 1.25 bits per heavy atom. The normalized spacial score (nSPS) is 13.4. The zero-order valence-electron chi connectivity index (χ0n) is 14.8. The maximum atomic E-state index is 12.3. The smallest absolute Gasteiger partial charge is 0.437 e. The third kappa shape index (κ3) is 4.07. The number of hydrogen-bond donors (Lipinski definition) is 0. The molecule has 0 radical (unpaired) electrons. The van der Waals surface area contributed by atoms with Crippen LogP contribution >= 0.6 is 22.7 Å². The van der Waals surface area contributed by atoms with Crippen molar-refractivity contribution in [2.75, 3.05) is 13.2 Å². The van der Waals surface area contributed by atoms with E-state index in [0.29, 0.717) is 13.1 Å². The summed E-state index contributed by atoms with van der Waals surface area (Å²) in [6, 6.07) is 5.64. The van der Waals surface area contributed by atoms with Crippen molar-refractivity contribution in [3.63, 3.8) is 0 Å². The third-order valence-electron chi connectivity index (χ3n) is 4.38. The number of thiophene rings is 2. The van der Waals surface area contributed by atoms with E-state index in [1.54, 1.807) is 22.3 Å². The molecule has 0 aliphatic carbocycles. The number of amides is 1. The van der Waals surface area contributed by atoms with Gasteiger partial charge in [0.15, 0.2) is 6.61 Å². The predicted octanol–water partition coefficient (Wildman–Crippen LogP) is 2.14. The maximum absolute atomic E-state index is 12.3. The molecule has 0 saturated carbocycles. The van der Waals surface area contributed by atoms with E-state index < -0.39 is 11.7 Å². The number of rotatable bonds is 6. The number of carbonyl (C=O) groups excluding carboxylic acids is 2. The van der Waals surface area contributed by atoms with Gasteiger partial charge < -0.3 is 14.1 Å². The quantitative estimate of drug-likeness (QED) is 0.568. The molecule has 1 aliphatic heterocycles. The predicted molar refractivity (Wildman–Crippen MR) is 103 cm³/mol. The van der Waals surface area contributed by atoms with E-state index in [2.05, 4.69) is 5.10 Å². The Hall–Kier alpha value is -2.72. The lowest BCUT2D eigenvalue weighted by Gasteiger charge is -2.26.